The Labute approximate surface area is 132 Å². The summed E-state index contributed by atoms with van der Waals surface area (Å²) in [6.07, 6.45) is 2.05. The lowest BCUT2D eigenvalue weighted by Gasteiger charge is -2.22. The van der Waals surface area contributed by atoms with Gasteiger partial charge in [0.05, 0.1) is 23.8 Å². The highest BCUT2D eigenvalue weighted by molar-refractivity contribution is 5.76. The third-order valence-corrected chi connectivity index (χ3v) is 4.28. The molecule has 3 aromatic rings. The second kappa shape index (κ2) is 5.58. The van der Waals surface area contributed by atoms with E-state index in [1.807, 2.05) is 25.1 Å². The lowest BCUT2D eigenvalue weighted by molar-refractivity contribution is 0.159. The van der Waals surface area contributed by atoms with Gasteiger partial charge in [0.15, 0.2) is 5.76 Å². The van der Waals surface area contributed by atoms with Crippen LogP contribution in [-0.4, -0.2) is 31.6 Å². The average molecular weight is 311 g/mol. The van der Waals surface area contributed by atoms with Gasteiger partial charge in [-0.1, -0.05) is 22.5 Å². The summed E-state index contributed by atoms with van der Waals surface area (Å²) in [6.45, 7) is 3.21. The summed E-state index contributed by atoms with van der Waals surface area (Å²) in [5.41, 5.74) is 1.38. The molecule has 0 spiro atoms. The predicted octanol–water partition coefficient (Wildman–Crippen LogP) is 1.88. The molecule has 7 nitrogen and oxygen atoms in total. The van der Waals surface area contributed by atoms with Crippen LogP contribution < -0.4 is 5.56 Å². The molecule has 7 heteroatoms. The topological polar surface area (TPSA) is 77.0 Å². The number of fused-ring (bicyclic) bond motifs is 1. The molecule has 1 aliphatic heterocycles. The second-order valence-electron chi connectivity index (χ2n) is 5.89. The Balaban J connectivity index is 1.65. The standard InChI is InChI=1S/C16H17N5O2/c1-11-9-15(23-18-11)14-7-4-8-20(14)10-21-16(22)12-5-2-3-6-13(12)17-19-21/h2-3,5-6,9,14H,4,7-8,10H2,1H3/t14-/m0/s1. The van der Waals surface area contributed by atoms with Crippen molar-refractivity contribution in [2.24, 2.45) is 0 Å². The summed E-state index contributed by atoms with van der Waals surface area (Å²) in [5.74, 6) is 0.849. The number of aromatic nitrogens is 4. The molecule has 1 saturated heterocycles. The molecule has 0 amide bonds. The van der Waals surface area contributed by atoms with E-state index in [1.54, 1.807) is 12.1 Å². The van der Waals surface area contributed by atoms with E-state index in [9.17, 15) is 4.79 Å². The minimum absolute atomic E-state index is 0.116. The third-order valence-electron chi connectivity index (χ3n) is 4.28. The van der Waals surface area contributed by atoms with Crippen molar-refractivity contribution in [3.63, 3.8) is 0 Å². The van der Waals surface area contributed by atoms with Crippen molar-refractivity contribution in [2.75, 3.05) is 6.54 Å². The molecule has 0 aliphatic carbocycles. The molecule has 118 valence electrons. The zero-order valence-electron chi connectivity index (χ0n) is 12.8. The molecule has 1 atom stereocenters. The molecule has 4 rings (SSSR count). The first kappa shape index (κ1) is 14.1. The summed E-state index contributed by atoms with van der Waals surface area (Å²) in [4.78, 5) is 14.7. The molecule has 0 radical (unpaired) electrons. The predicted molar refractivity (Wildman–Crippen MR) is 83.7 cm³/mol. The molecule has 0 N–H and O–H groups in total. The van der Waals surface area contributed by atoms with E-state index in [2.05, 4.69) is 20.4 Å². The first-order chi connectivity index (χ1) is 11.2. The number of hydrogen-bond acceptors (Lipinski definition) is 6. The van der Waals surface area contributed by atoms with Crippen LogP contribution in [-0.2, 0) is 6.67 Å². The van der Waals surface area contributed by atoms with Gasteiger partial charge >= 0.3 is 0 Å². The van der Waals surface area contributed by atoms with Crippen LogP contribution in [0.3, 0.4) is 0 Å². The van der Waals surface area contributed by atoms with Gasteiger partial charge in [-0.25, -0.2) is 0 Å². The number of nitrogens with zero attached hydrogens (tertiary/aromatic N) is 5. The fourth-order valence-corrected chi connectivity index (χ4v) is 3.15. The SMILES string of the molecule is Cc1cc([C@@H]2CCCN2Cn2nnc3ccccc3c2=O)on1. The van der Waals surface area contributed by atoms with Crippen molar-refractivity contribution in [1.29, 1.82) is 0 Å². The van der Waals surface area contributed by atoms with E-state index in [4.69, 9.17) is 4.52 Å². The highest BCUT2D eigenvalue weighted by atomic mass is 16.5. The summed E-state index contributed by atoms with van der Waals surface area (Å²) in [7, 11) is 0. The Morgan fingerprint density at radius 3 is 3.04 bits per heavy atom. The Kier molecular flexibility index (Phi) is 3.42. The minimum atomic E-state index is -0.116. The van der Waals surface area contributed by atoms with Crippen LogP contribution in [0.25, 0.3) is 10.9 Å². The molecule has 0 bridgehead atoms. The van der Waals surface area contributed by atoms with Crippen molar-refractivity contribution in [2.45, 2.75) is 32.5 Å². The molecule has 1 fully saturated rings. The Morgan fingerprint density at radius 1 is 1.35 bits per heavy atom. The summed E-state index contributed by atoms with van der Waals surface area (Å²) >= 11 is 0. The highest BCUT2D eigenvalue weighted by Crippen LogP contribution is 2.32. The lowest BCUT2D eigenvalue weighted by Crippen LogP contribution is -2.34. The molecular weight excluding hydrogens is 294 g/mol. The monoisotopic (exact) mass is 311 g/mol. The number of benzene rings is 1. The Bertz CT molecular complexity index is 901. The van der Waals surface area contributed by atoms with E-state index < -0.39 is 0 Å². The van der Waals surface area contributed by atoms with E-state index >= 15 is 0 Å². The van der Waals surface area contributed by atoms with Crippen molar-refractivity contribution in [3.05, 3.63) is 52.1 Å². The smallest absolute Gasteiger partial charge is 0.278 e. The molecule has 0 saturated carbocycles. The molecule has 0 unspecified atom stereocenters. The van der Waals surface area contributed by atoms with Gasteiger partial charge in [-0.05, 0) is 31.9 Å². The maximum absolute atomic E-state index is 12.6. The first-order valence-electron chi connectivity index (χ1n) is 7.72. The van der Waals surface area contributed by atoms with Crippen LogP contribution in [0.4, 0.5) is 0 Å². The Morgan fingerprint density at radius 2 is 2.22 bits per heavy atom. The normalized spacial score (nSPS) is 18.7. The highest BCUT2D eigenvalue weighted by Gasteiger charge is 2.29. The van der Waals surface area contributed by atoms with E-state index in [0.29, 0.717) is 17.6 Å². The van der Waals surface area contributed by atoms with Crippen LogP contribution in [0.2, 0.25) is 0 Å². The third kappa shape index (κ3) is 2.53. The zero-order chi connectivity index (χ0) is 15.8. The second-order valence-corrected chi connectivity index (χ2v) is 5.89. The largest absolute Gasteiger partial charge is 0.359 e. The quantitative estimate of drug-likeness (QED) is 0.735. The first-order valence-corrected chi connectivity index (χ1v) is 7.72. The molecular formula is C16H17N5O2. The number of likely N-dealkylation sites (tertiary alicyclic amines) is 1. The van der Waals surface area contributed by atoms with Crippen molar-refractivity contribution in [1.82, 2.24) is 25.1 Å². The molecule has 23 heavy (non-hydrogen) atoms. The van der Waals surface area contributed by atoms with Gasteiger partial charge in [0.1, 0.15) is 5.52 Å². The molecule has 3 heterocycles. The maximum Gasteiger partial charge on any atom is 0.278 e. The number of aryl methyl sites for hydroxylation is 1. The van der Waals surface area contributed by atoms with Crippen LogP contribution >= 0.6 is 0 Å². The van der Waals surface area contributed by atoms with Gasteiger partial charge in [0, 0.05) is 12.6 Å². The summed E-state index contributed by atoms with van der Waals surface area (Å²) in [5, 5.41) is 12.8. The fourth-order valence-electron chi connectivity index (χ4n) is 3.15. The van der Waals surface area contributed by atoms with Crippen LogP contribution in [0.1, 0.15) is 30.3 Å². The number of rotatable bonds is 3. The average Bonchev–Trinajstić information content (AvgIpc) is 3.19. The fraction of sp³-hybridized carbons (Fsp3) is 0.375. The van der Waals surface area contributed by atoms with Crippen LogP contribution in [0, 0.1) is 6.92 Å². The molecule has 2 aromatic heterocycles. The summed E-state index contributed by atoms with van der Waals surface area (Å²) in [6, 6.07) is 9.36. The van der Waals surface area contributed by atoms with Gasteiger partial charge in [0.25, 0.3) is 5.56 Å². The van der Waals surface area contributed by atoms with Gasteiger partial charge in [0.2, 0.25) is 0 Å². The van der Waals surface area contributed by atoms with E-state index in [0.717, 1.165) is 30.8 Å². The zero-order valence-corrected chi connectivity index (χ0v) is 12.8. The summed E-state index contributed by atoms with van der Waals surface area (Å²) < 4.78 is 6.82. The minimum Gasteiger partial charge on any atom is -0.359 e. The van der Waals surface area contributed by atoms with Crippen molar-refractivity contribution in [3.8, 4) is 0 Å². The molecule has 1 aliphatic rings. The van der Waals surface area contributed by atoms with Crippen molar-refractivity contribution < 1.29 is 4.52 Å². The van der Waals surface area contributed by atoms with Crippen LogP contribution in [0.5, 0.6) is 0 Å². The van der Waals surface area contributed by atoms with Gasteiger partial charge in [-0.3, -0.25) is 9.69 Å². The van der Waals surface area contributed by atoms with E-state index in [1.165, 1.54) is 4.68 Å². The van der Waals surface area contributed by atoms with Gasteiger partial charge in [-0.2, -0.15) is 4.68 Å². The Hall–Kier alpha value is -2.54. The van der Waals surface area contributed by atoms with Gasteiger partial charge in [-0.15, -0.1) is 5.10 Å². The van der Waals surface area contributed by atoms with Gasteiger partial charge < -0.3 is 4.52 Å². The lowest BCUT2D eigenvalue weighted by atomic mass is 10.1. The number of hydrogen-bond donors (Lipinski definition) is 0. The van der Waals surface area contributed by atoms with E-state index in [-0.39, 0.29) is 11.6 Å². The van der Waals surface area contributed by atoms with Crippen molar-refractivity contribution >= 4 is 10.9 Å². The maximum atomic E-state index is 12.6. The molecule has 1 aromatic carbocycles. The van der Waals surface area contributed by atoms with Crippen LogP contribution in [0.15, 0.2) is 39.6 Å².